The van der Waals surface area contributed by atoms with Gasteiger partial charge in [0, 0.05) is 6.54 Å². The van der Waals surface area contributed by atoms with E-state index in [9.17, 15) is 4.39 Å². The van der Waals surface area contributed by atoms with Crippen molar-refractivity contribution >= 4 is 0 Å². The molecule has 0 spiro atoms. The molecule has 0 aromatic heterocycles. The summed E-state index contributed by atoms with van der Waals surface area (Å²) in [5.41, 5.74) is 6.06. The van der Waals surface area contributed by atoms with Gasteiger partial charge in [-0.05, 0) is 30.7 Å². The summed E-state index contributed by atoms with van der Waals surface area (Å²) in [7, 11) is 0. The fraction of sp³-hybridized carbons (Fsp3) is 0.273. The van der Waals surface area contributed by atoms with Crippen LogP contribution in [0.4, 0.5) is 4.39 Å². The van der Waals surface area contributed by atoms with Gasteiger partial charge < -0.3 is 10.5 Å². The van der Waals surface area contributed by atoms with Gasteiger partial charge in [-0.1, -0.05) is 12.2 Å². The number of aryl methyl sites for hydroxylation is 1. The summed E-state index contributed by atoms with van der Waals surface area (Å²) < 4.78 is 18.1. The molecule has 0 radical (unpaired) electrons. The van der Waals surface area contributed by atoms with Crippen LogP contribution < -0.4 is 10.5 Å². The maximum atomic E-state index is 12.7. The van der Waals surface area contributed by atoms with Crippen LogP contribution >= 0.6 is 0 Å². The SMILES string of the molecule is Cc1cc(F)ccc1OC/C=C/CN. The van der Waals surface area contributed by atoms with Gasteiger partial charge in [-0.15, -0.1) is 0 Å². The smallest absolute Gasteiger partial charge is 0.123 e. The van der Waals surface area contributed by atoms with E-state index in [1.165, 1.54) is 12.1 Å². The molecule has 1 aromatic carbocycles. The van der Waals surface area contributed by atoms with E-state index in [1.54, 1.807) is 6.07 Å². The van der Waals surface area contributed by atoms with E-state index in [1.807, 2.05) is 19.1 Å². The molecule has 0 amide bonds. The van der Waals surface area contributed by atoms with Crippen LogP contribution in [0.2, 0.25) is 0 Å². The number of hydrogen-bond donors (Lipinski definition) is 1. The number of benzene rings is 1. The maximum Gasteiger partial charge on any atom is 0.123 e. The minimum Gasteiger partial charge on any atom is -0.489 e. The van der Waals surface area contributed by atoms with Crippen LogP contribution in [0.5, 0.6) is 5.75 Å². The van der Waals surface area contributed by atoms with E-state index in [4.69, 9.17) is 10.5 Å². The molecule has 2 nitrogen and oxygen atoms in total. The third kappa shape index (κ3) is 3.18. The number of hydrogen-bond acceptors (Lipinski definition) is 2. The first kappa shape index (κ1) is 10.7. The average molecular weight is 195 g/mol. The van der Waals surface area contributed by atoms with Gasteiger partial charge in [-0.3, -0.25) is 0 Å². The largest absolute Gasteiger partial charge is 0.489 e. The highest BCUT2D eigenvalue weighted by atomic mass is 19.1. The Labute approximate surface area is 83.2 Å². The lowest BCUT2D eigenvalue weighted by Crippen LogP contribution is -1.98. The quantitative estimate of drug-likeness (QED) is 0.746. The number of rotatable bonds is 4. The highest BCUT2D eigenvalue weighted by molar-refractivity contribution is 5.32. The molecule has 0 aliphatic heterocycles. The molecule has 14 heavy (non-hydrogen) atoms. The van der Waals surface area contributed by atoms with Gasteiger partial charge in [0.1, 0.15) is 18.2 Å². The van der Waals surface area contributed by atoms with Crippen LogP contribution in [-0.2, 0) is 0 Å². The van der Waals surface area contributed by atoms with E-state index in [-0.39, 0.29) is 5.82 Å². The standard InChI is InChI=1S/C11H14FNO/c1-9-8-10(12)4-5-11(9)14-7-3-2-6-13/h2-5,8H,6-7,13H2,1H3/b3-2+. The van der Waals surface area contributed by atoms with Gasteiger partial charge in [0.2, 0.25) is 0 Å². The minimum atomic E-state index is -0.243. The molecule has 0 unspecified atom stereocenters. The Morgan fingerprint density at radius 3 is 2.86 bits per heavy atom. The second-order valence-corrected chi connectivity index (χ2v) is 2.93. The Kier molecular flexibility index (Phi) is 4.13. The van der Waals surface area contributed by atoms with Gasteiger partial charge >= 0.3 is 0 Å². The zero-order chi connectivity index (χ0) is 10.4. The predicted molar refractivity (Wildman–Crippen MR) is 54.8 cm³/mol. The maximum absolute atomic E-state index is 12.7. The lowest BCUT2D eigenvalue weighted by Gasteiger charge is -2.06. The number of nitrogens with two attached hydrogens (primary N) is 1. The van der Waals surface area contributed by atoms with Crippen LogP contribution in [0.15, 0.2) is 30.4 Å². The Morgan fingerprint density at radius 2 is 2.21 bits per heavy atom. The van der Waals surface area contributed by atoms with E-state index >= 15 is 0 Å². The summed E-state index contributed by atoms with van der Waals surface area (Å²) >= 11 is 0. The first-order chi connectivity index (χ1) is 6.74. The third-order valence-corrected chi connectivity index (χ3v) is 1.77. The van der Waals surface area contributed by atoms with Crippen molar-refractivity contribution in [2.75, 3.05) is 13.2 Å². The summed E-state index contributed by atoms with van der Waals surface area (Å²) in [5, 5.41) is 0. The fourth-order valence-electron chi connectivity index (χ4n) is 1.08. The first-order valence-corrected chi connectivity index (χ1v) is 4.48. The molecular formula is C11H14FNO. The minimum absolute atomic E-state index is 0.243. The van der Waals surface area contributed by atoms with Crippen LogP contribution in [0.1, 0.15) is 5.56 Å². The van der Waals surface area contributed by atoms with Crippen molar-refractivity contribution in [3.8, 4) is 5.75 Å². The van der Waals surface area contributed by atoms with Crippen molar-refractivity contribution in [1.29, 1.82) is 0 Å². The van der Waals surface area contributed by atoms with Crippen LogP contribution in [0, 0.1) is 12.7 Å². The summed E-state index contributed by atoms with van der Waals surface area (Å²) in [4.78, 5) is 0. The summed E-state index contributed by atoms with van der Waals surface area (Å²) in [6, 6.07) is 4.46. The van der Waals surface area contributed by atoms with E-state index in [0.717, 1.165) is 5.56 Å². The average Bonchev–Trinajstić information content (AvgIpc) is 2.15. The van der Waals surface area contributed by atoms with Crippen molar-refractivity contribution in [1.82, 2.24) is 0 Å². The molecule has 1 aromatic rings. The summed E-state index contributed by atoms with van der Waals surface area (Å²) in [5.74, 6) is 0.459. The van der Waals surface area contributed by atoms with Gasteiger partial charge in [0.25, 0.3) is 0 Å². The van der Waals surface area contributed by atoms with Crippen molar-refractivity contribution in [2.24, 2.45) is 5.73 Å². The summed E-state index contributed by atoms with van der Waals surface area (Å²) in [6.45, 7) is 2.78. The molecule has 0 aliphatic rings. The van der Waals surface area contributed by atoms with Crippen molar-refractivity contribution in [3.05, 3.63) is 41.7 Å². The Morgan fingerprint density at radius 1 is 1.43 bits per heavy atom. The topological polar surface area (TPSA) is 35.2 Å². The second-order valence-electron chi connectivity index (χ2n) is 2.93. The normalized spacial score (nSPS) is 10.8. The molecule has 0 saturated carbocycles. The Bertz CT molecular complexity index is 323. The monoisotopic (exact) mass is 195 g/mol. The van der Waals surface area contributed by atoms with E-state index < -0.39 is 0 Å². The Hall–Kier alpha value is -1.35. The summed E-state index contributed by atoms with van der Waals surface area (Å²) in [6.07, 6.45) is 3.65. The lowest BCUT2D eigenvalue weighted by atomic mass is 10.2. The molecule has 1 rings (SSSR count). The van der Waals surface area contributed by atoms with Crippen molar-refractivity contribution < 1.29 is 9.13 Å². The third-order valence-electron chi connectivity index (χ3n) is 1.77. The molecule has 76 valence electrons. The number of ether oxygens (including phenoxy) is 1. The fourth-order valence-corrected chi connectivity index (χ4v) is 1.08. The molecule has 0 fully saturated rings. The van der Waals surface area contributed by atoms with Crippen molar-refractivity contribution in [2.45, 2.75) is 6.92 Å². The molecule has 0 heterocycles. The Balaban J connectivity index is 2.55. The number of halogens is 1. The lowest BCUT2D eigenvalue weighted by molar-refractivity contribution is 0.359. The van der Waals surface area contributed by atoms with Gasteiger partial charge in [0.05, 0.1) is 0 Å². The van der Waals surface area contributed by atoms with E-state index in [0.29, 0.717) is 18.9 Å². The van der Waals surface area contributed by atoms with Crippen LogP contribution in [0.25, 0.3) is 0 Å². The molecule has 3 heteroatoms. The van der Waals surface area contributed by atoms with E-state index in [2.05, 4.69) is 0 Å². The van der Waals surface area contributed by atoms with Gasteiger partial charge in [-0.25, -0.2) is 4.39 Å². The van der Waals surface area contributed by atoms with Crippen LogP contribution in [-0.4, -0.2) is 13.2 Å². The molecule has 0 aliphatic carbocycles. The second kappa shape index (κ2) is 5.40. The zero-order valence-electron chi connectivity index (χ0n) is 8.16. The van der Waals surface area contributed by atoms with Crippen molar-refractivity contribution in [3.63, 3.8) is 0 Å². The predicted octanol–water partition coefficient (Wildman–Crippen LogP) is 2.03. The highest BCUT2D eigenvalue weighted by Crippen LogP contribution is 2.17. The molecule has 0 saturated heterocycles. The van der Waals surface area contributed by atoms with Gasteiger partial charge in [0.15, 0.2) is 0 Å². The molecule has 0 atom stereocenters. The molecular weight excluding hydrogens is 181 g/mol. The molecule has 2 N–H and O–H groups in total. The van der Waals surface area contributed by atoms with Gasteiger partial charge in [-0.2, -0.15) is 0 Å². The zero-order valence-corrected chi connectivity index (χ0v) is 8.16. The molecule has 0 bridgehead atoms. The highest BCUT2D eigenvalue weighted by Gasteiger charge is 1.99. The first-order valence-electron chi connectivity index (χ1n) is 4.48. The van der Waals surface area contributed by atoms with Crippen LogP contribution in [0.3, 0.4) is 0 Å².